The first-order valence-electron chi connectivity index (χ1n) is 9.68. The lowest BCUT2D eigenvalue weighted by Crippen LogP contribution is -2.44. The third-order valence-electron chi connectivity index (χ3n) is 5.88. The van der Waals surface area contributed by atoms with Crippen LogP contribution in [-0.4, -0.2) is 54.4 Å². The average molecular weight is 358 g/mol. The quantitative estimate of drug-likeness (QED) is 0.832. The molecular weight excluding hydrogens is 328 g/mol. The maximum Gasteiger partial charge on any atom is 0.226 e. The van der Waals surface area contributed by atoms with Crippen LogP contribution < -0.4 is 4.74 Å². The number of benzene rings is 1. The van der Waals surface area contributed by atoms with Gasteiger partial charge in [0.05, 0.1) is 13.5 Å². The first-order valence-corrected chi connectivity index (χ1v) is 9.68. The molecule has 2 atom stereocenters. The highest BCUT2D eigenvalue weighted by Gasteiger charge is 2.36. The summed E-state index contributed by atoms with van der Waals surface area (Å²) in [4.78, 5) is 29.2. The zero-order valence-electron chi connectivity index (χ0n) is 16.1. The van der Waals surface area contributed by atoms with Gasteiger partial charge in [0.25, 0.3) is 0 Å². The fourth-order valence-corrected chi connectivity index (χ4v) is 4.25. The van der Waals surface area contributed by atoms with Crippen molar-refractivity contribution >= 4 is 11.8 Å². The number of piperidine rings is 1. The lowest BCUT2D eigenvalue weighted by molar-refractivity contribution is -0.134. The first-order chi connectivity index (χ1) is 12.5. The van der Waals surface area contributed by atoms with E-state index in [1.54, 1.807) is 7.11 Å². The minimum atomic E-state index is 0.185. The van der Waals surface area contributed by atoms with Crippen LogP contribution >= 0.6 is 0 Å². The van der Waals surface area contributed by atoms with E-state index in [1.165, 1.54) is 0 Å². The van der Waals surface area contributed by atoms with Gasteiger partial charge in [-0.05, 0) is 56.2 Å². The zero-order valence-corrected chi connectivity index (χ0v) is 16.1. The third-order valence-corrected chi connectivity index (χ3v) is 5.88. The molecule has 0 aliphatic carbocycles. The Morgan fingerprint density at radius 3 is 2.50 bits per heavy atom. The number of carbonyl (C=O) groups is 2. The standard InChI is InChI=1S/C21H30N2O3/c1-15(2)23-11-9-18-14-22(10-8-17(18)13-21(23)25)20(24)12-16-4-6-19(26-3)7-5-16/h4-7,15,17-18H,8-14H2,1-3H3/t17-,18-/m0/s1. The molecule has 0 saturated carbocycles. The normalized spacial score (nSPS) is 23.6. The molecular formula is C21H30N2O3. The second-order valence-corrected chi connectivity index (χ2v) is 7.85. The van der Waals surface area contributed by atoms with Crippen LogP contribution in [0.25, 0.3) is 0 Å². The Kier molecular flexibility index (Phi) is 5.84. The van der Waals surface area contributed by atoms with Crippen LogP contribution in [0, 0.1) is 11.8 Å². The van der Waals surface area contributed by atoms with Gasteiger partial charge in [0.1, 0.15) is 5.75 Å². The van der Waals surface area contributed by atoms with E-state index in [2.05, 4.69) is 13.8 Å². The Bertz CT molecular complexity index is 641. The number of hydrogen-bond acceptors (Lipinski definition) is 3. The highest BCUT2D eigenvalue weighted by Crippen LogP contribution is 2.33. The van der Waals surface area contributed by atoms with Gasteiger partial charge in [0.2, 0.25) is 11.8 Å². The molecule has 0 aromatic heterocycles. The van der Waals surface area contributed by atoms with Crippen molar-refractivity contribution in [3.63, 3.8) is 0 Å². The lowest BCUT2D eigenvalue weighted by Gasteiger charge is -2.37. The molecule has 2 heterocycles. The largest absolute Gasteiger partial charge is 0.497 e. The average Bonchev–Trinajstić information content (AvgIpc) is 2.79. The number of ether oxygens (including phenoxy) is 1. The summed E-state index contributed by atoms with van der Waals surface area (Å²) in [5.74, 6) is 2.14. The van der Waals surface area contributed by atoms with Crippen LogP contribution in [-0.2, 0) is 16.0 Å². The summed E-state index contributed by atoms with van der Waals surface area (Å²) in [6, 6.07) is 7.96. The molecule has 0 N–H and O–H groups in total. The SMILES string of the molecule is COc1ccc(CC(=O)N2CC[C@H]3CC(=O)N(C(C)C)CC[C@H]3C2)cc1. The molecule has 1 aromatic rings. The molecule has 2 saturated heterocycles. The Balaban J connectivity index is 1.59. The van der Waals surface area contributed by atoms with E-state index in [-0.39, 0.29) is 17.9 Å². The molecule has 0 radical (unpaired) electrons. The van der Waals surface area contributed by atoms with Gasteiger partial charge >= 0.3 is 0 Å². The Hall–Kier alpha value is -2.04. The summed E-state index contributed by atoms with van der Waals surface area (Å²) < 4.78 is 5.17. The number of methoxy groups -OCH3 is 1. The van der Waals surface area contributed by atoms with E-state index in [1.807, 2.05) is 34.1 Å². The van der Waals surface area contributed by atoms with Gasteiger partial charge in [-0.25, -0.2) is 0 Å². The van der Waals surface area contributed by atoms with E-state index >= 15 is 0 Å². The van der Waals surface area contributed by atoms with Crippen molar-refractivity contribution in [1.82, 2.24) is 9.80 Å². The maximum absolute atomic E-state index is 12.7. The van der Waals surface area contributed by atoms with Crippen molar-refractivity contribution < 1.29 is 14.3 Å². The van der Waals surface area contributed by atoms with Crippen molar-refractivity contribution in [1.29, 1.82) is 0 Å². The second-order valence-electron chi connectivity index (χ2n) is 7.85. The molecule has 1 aromatic carbocycles. The summed E-state index contributed by atoms with van der Waals surface area (Å²) in [6.45, 7) is 6.54. The van der Waals surface area contributed by atoms with Gasteiger partial charge in [0, 0.05) is 32.1 Å². The predicted molar refractivity (Wildman–Crippen MR) is 101 cm³/mol. The van der Waals surface area contributed by atoms with Crippen LogP contribution in [0.15, 0.2) is 24.3 Å². The topological polar surface area (TPSA) is 49.9 Å². The highest BCUT2D eigenvalue weighted by atomic mass is 16.5. The highest BCUT2D eigenvalue weighted by molar-refractivity contribution is 5.79. The van der Waals surface area contributed by atoms with Crippen molar-refractivity contribution in [3.05, 3.63) is 29.8 Å². The summed E-state index contributed by atoms with van der Waals surface area (Å²) in [5.41, 5.74) is 1.01. The number of nitrogens with zero attached hydrogens (tertiary/aromatic N) is 2. The van der Waals surface area contributed by atoms with E-state index < -0.39 is 0 Å². The molecule has 0 unspecified atom stereocenters. The van der Waals surface area contributed by atoms with E-state index in [9.17, 15) is 9.59 Å². The molecule has 0 spiro atoms. The van der Waals surface area contributed by atoms with E-state index in [4.69, 9.17) is 4.74 Å². The lowest BCUT2D eigenvalue weighted by atomic mass is 9.82. The van der Waals surface area contributed by atoms with E-state index in [0.29, 0.717) is 24.7 Å². The summed E-state index contributed by atoms with van der Waals surface area (Å²) in [7, 11) is 1.64. The van der Waals surface area contributed by atoms with Crippen molar-refractivity contribution in [2.75, 3.05) is 26.7 Å². The molecule has 26 heavy (non-hydrogen) atoms. The van der Waals surface area contributed by atoms with Gasteiger partial charge in [-0.15, -0.1) is 0 Å². The van der Waals surface area contributed by atoms with Crippen LogP contribution in [0.1, 0.15) is 38.7 Å². The minimum absolute atomic E-state index is 0.185. The predicted octanol–water partition coefficient (Wildman–Crippen LogP) is 2.73. The molecule has 142 valence electrons. The van der Waals surface area contributed by atoms with Crippen LogP contribution in [0.3, 0.4) is 0 Å². The van der Waals surface area contributed by atoms with Gasteiger partial charge in [-0.1, -0.05) is 12.1 Å². The second kappa shape index (κ2) is 8.11. The van der Waals surface area contributed by atoms with Gasteiger partial charge in [0.15, 0.2) is 0 Å². The molecule has 2 aliphatic heterocycles. The number of carbonyl (C=O) groups excluding carboxylic acids is 2. The fraction of sp³-hybridized carbons (Fsp3) is 0.619. The molecule has 5 heteroatoms. The number of amides is 2. The molecule has 2 fully saturated rings. The van der Waals surface area contributed by atoms with Crippen molar-refractivity contribution in [2.45, 2.75) is 45.6 Å². The maximum atomic E-state index is 12.7. The number of hydrogen-bond donors (Lipinski definition) is 0. The van der Waals surface area contributed by atoms with Crippen molar-refractivity contribution in [3.8, 4) is 5.75 Å². The summed E-state index contributed by atoms with van der Waals surface area (Å²) in [6.07, 6.45) is 3.01. The first kappa shape index (κ1) is 18.7. The summed E-state index contributed by atoms with van der Waals surface area (Å²) >= 11 is 0. The summed E-state index contributed by atoms with van der Waals surface area (Å²) in [5, 5.41) is 0. The smallest absolute Gasteiger partial charge is 0.226 e. The van der Waals surface area contributed by atoms with E-state index in [0.717, 1.165) is 43.8 Å². The van der Waals surface area contributed by atoms with Gasteiger partial charge in [-0.3, -0.25) is 9.59 Å². The van der Waals surface area contributed by atoms with Crippen LogP contribution in [0.5, 0.6) is 5.75 Å². The molecule has 2 aliphatic rings. The molecule has 0 bridgehead atoms. The van der Waals surface area contributed by atoms with Crippen molar-refractivity contribution in [2.24, 2.45) is 11.8 Å². The number of likely N-dealkylation sites (tertiary alicyclic amines) is 2. The monoisotopic (exact) mass is 358 g/mol. The third kappa shape index (κ3) is 4.19. The van der Waals surface area contributed by atoms with Crippen LogP contribution in [0.2, 0.25) is 0 Å². The minimum Gasteiger partial charge on any atom is -0.497 e. The molecule has 5 nitrogen and oxygen atoms in total. The molecule has 3 rings (SSSR count). The number of rotatable bonds is 4. The van der Waals surface area contributed by atoms with Crippen LogP contribution in [0.4, 0.5) is 0 Å². The number of fused-ring (bicyclic) bond motifs is 1. The van der Waals surface area contributed by atoms with Gasteiger partial charge < -0.3 is 14.5 Å². The Morgan fingerprint density at radius 1 is 1.15 bits per heavy atom. The molecule has 2 amide bonds. The fourth-order valence-electron chi connectivity index (χ4n) is 4.25. The Labute approximate surface area is 156 Å². The van der Waals surface area contributed by atoms with Gasteiger partial charge in [-0.2, -0.15) is 0 Å². The Morgan fingerprint density at radius 2 is 1.85 bits per heavy atom. The zero-order chi connectivity index (χ0) is 18.7.